The summed E-state index contributed by atoms with van der Waals surface area (Å²) in [4.78, 5) is 24.7. The van der Waals surface area contributed by atoms with Crippen molar-refractivity contribution in [3.05, 3.63) is 58.0 Å². The fourth-order valence-electron chi connectivity index (χ4n) is 2.92. The lowest BCUT2D eigenvalue weighted by Crippen LogP contribution is -2.33. The summed E-state index contributed by atoms with van der Waals surface area (Å²) in [5.41, 5.74) is 0.0827. The molecule has 0 unspecified atom stereocenters. The van der Waals surface area contributed by atoms with Crippen molar-refractivity contribution >= 4 is 33.2 Å². The van der Waals surface area contributed by atoms with E-state index in [1.165, 1.54) is 22.6 Å². The molecule has 1 aromatic heterocycles. The van der Waals surface area contributed by atoms with Gasteiger partial charge in [-0.15, -0.1) is 0 Å². The minimum absolute atomic E-state index is 0.00939. The zero-order chi connectivity index (χ0) is 19.6. The molecular weight excluding hydrogens is 390 g/mol. The van der Waals surface area contributed by atoms with E-state index >= 15 is 0 Å². The Morgan fingerprint density at radius 3 is 2.37 bits per heavy atom. The number of hydrogen-bond acceptors (Lipinski definition) is 4. The first-order chi connectivity index (χ1) is 12.8. The molecule has 1 saturated heterocycles. The number of nitrogens with one attached hydrogen (secondary N) is 1. The number of carbonyl (C=O) groups excluding carboxylic acids is 1. The molecule has 0 saturated carbocycles. The zero-order valence-corrected chi connectivity index (χ0v) is 16.3. The van der Waals surface area contributed by atoms with Gasteiger partial charge >= 0.3 is 0 Å². The second-order valence-corrected chi connectivity index (χ2v) is 8.77. The van der Waals surface area contributed by atoms with Crippen molar-refractivity contribution in [2.24, 2.45) is 0 Å². The Kier molecular flexibility index (Phi) is 5.69. The number of pyridine rings is 1. The molecule has 0 spiro atoms. The third-order valence-corrected chi connectivity index (χ3v) is 6.66. The molecule has 2 aromatic rings. The van der Waals surface area contributed by atoms with Crippen LogP contribution in [0, 0.1) is 0 Å². The van der Waals surface area contributed by atoms with Crippen molar-refractivity contribution < 1.29 is 13.2 Å². The maximum atomic E-state index is 12.7. The lowest BCUT2D eigenvalue weighted by atomic mass is 10.2. The lowest BCUT2D eigenvalue weighted by Gasteiger charge is -2.19. The van der Waals surface area contributed by atoms with Crippen LogP contribution in [-0.4, -0.2) is 36.3 Å². The van der Waals surface area contributed by atoms with E-state index in [1.807, 2.05) is 0 Å². The summed E-state index contributed by atoms with van der Waals surface area (Å²) in [5, 5.41) is 3.23. The molecule has 1 fully saturated rings. The minimum atomic E-state index is -3.67. The lowest BCUT2D eigenvalue weighted by molar-refractivity contribution is -0.118. The summed E-state index contributed by atoms with van der Waals surface area (Å²) < 4.78 is 28.0. The van der Waals surface area contributed by atoms with E-state index < -0.39 is 27.5 Å². The number of carbonyl (C=O) groups is 1. The van der Waals surface area contributed by atoms with Crippen molar-refractivity contribution in [2.45, 2.75) is 30.7 Å². The van der Waals surface area contributed by atoms with Gasteiger partial charge in [0.25, 0.3) is 5.56 Å². The minimum Gasteiger partial charge on any atom is -0.324 e. The van der Waals surface area contributed by atoms with Crippen molar-refractivity contribution in [3.8, 4) is 0 Å². The number of benzene rings is 1. The molecule has 1 aliphatic rings. The summed E-state index contributed by atoms with van der Waals surface area (Å²) in [5.74, 6) is -0.435. The smallest absolute Gasteiger partial charge is 0.251 e. The first-order valence-electron chi connectivity index (χ1n) is 8.58. The molecule has 0 aliphatic carbocycles. The molecule has 1 aliphatic heterocycles. The third kappa shape index (κ3) is 4.23. The first kappa shape index (κ1) is 19.6. The normalized spacial score (nSPS) is 16.2. The van der Waals surface area contributed by atoms with Gasteiger partial charge in [-0.25, -0.2) is 8.42 Å². The quantitative estimate of drug-likeness (QED) is 0.821. The average Bonchev–Trinajstić information content (AvgIpc) is 3.19. The molecule has 1 aromatic carbocycles. The molecule has 27 heavy (non-hydrogen) atoms. The topological polar surface area (TPSA) is 88.5 Å². The number of sulfonamides is 1. The second kappa shape index (κ2) is 7.84. The van der Waals surface area contributed by atoms with Crippen LogP contribution in [0.1, 0.15) is 25.8 Å². The highest BCUT2D eigenvalue weighted by atomic mass is 35.5. The van der Waals surface area contributed by atoms with Gasteiger partial charge in [-0.1, -0.05) is 11.6 Å². The van der Waals surface area contributed by atoms with Crippen LogP contribution in [0.25, 0.3) is 0 Å². The summed E-state index contributed by atoms with van der Waals surface area (Å²) >= 11 is 5.82. The number of rotatable bonds is 5. The highest BCUT2D eigenvalue weighted by Gasteiger charge is 2.28. The van der Waals surface area contributed by atoms with Crippen molar-refractivity contribution in [2.75, 3.05) is 18.4 Å². The largest absolute Gasteiger partial charge is 0.324 e. The number of nitrogens with zero attached hydrogens (tertiary/aromatic N) is 2. The van der Waals surface area contributed by atoms with Crippen LogP contribution >= 0.6 is 11.6 Å². The van der Waals surface area contributed by atoms with Gasteiger partial charge in [0.2, 0.25) is 15.9 Å². The van der Waals surface area contributed by atoms with Crippen LogP contribution in [0.15, 0.2) is 52.3 Å². The van der Waals surface area contributed by atoms with Gasteiger partial charge in [-0.05, 0) is 50.1 Å². The Morgan fingerprint density at radius 1 is 1.11 bits per heavy atom. The number of amides is 1. The van der Waals surface area contributed by atoms with Crippen molar-refractivity contribution in [1.29, 1.82) is 0 Å². The SMILES string of the molecule is C[C@@H](C(=O)Nc1ccc(Cl)cc1)n1cc(S(=O)(=O)N2CCCC2)ccc1=O. The maximum absolute atomic E-state index is 12.7. The van der Waals surface area contributed by atoms with Crippen LogP contribution in [0.5, 0.6) is 0 Å². The molecule has 1 amide bonds. The number of aromatic nitrogens is 1. The number of hydrogen-bond donors (Lipinski definition) is 1. The molecule has 9 heteroatoms. The predicted octanol–water partition coefficient (Wildman–Crippen LogP) is 2.49. The van der Waals surface area contributed by atoms with Gasteiger partial charge < -0.3 is 9.88 Å². The van der Waals surface area contributed by atoms with Gasteiger partial charge in [-0.3, -0.25) is 9.59 Å². The van der Waals surface area contributed by atoms with E-state index in [0.29, 0.717) is 23.8 Å². The van der Waals surface area contributed by atoms with Gasteiger partial charge in [0.05, 0.1) is 4.90 Å². The standard InChI is InChI=1S/C18H20ClN3O4S/c1-13(18(24)20-15-6-4-14(19)5-7-15)22-12-16(8-9-17(22)23)27(25,26)21-10-2-3-11-21/h4-9,12-13H,2-3,10-11H2,1H3,(H,20,24)/t13-/m0/s1. The average molecular weight is 410 g/mol. The van der Waals surface area contributed by atoms with Crippen LogP contribution < -0.4 is 10.9 Å². The van der Waals surface area contributed by atoms with Crippen LogP contribution in [0.2, 0.25) is 5.02 Å². The van der Waals surface area contributed by atoms with Gasteiger partial charge in [0.1, 0.15) is 6.04 Å². The molecule has 0 bridgehead atoms. The molecule has 0 radical (unpaired) electrons. The second-order valence-electron chi connectivity index (χ2n) is 6.39. The third-order valence-electron chi connectivity index (χ3n) is 4.52. The summed E-state index contributed by atoms with van der Waals surface area (Å²) in [7, 11) is -3.67. The Morgan fingerprint density at radius 2 is 1.74 bits per heavy atom. The fraction of sp³-hybridized carbons (Fsp3) is 0.333. The molecular formula is C18H20ClN3O4S. The molecule has 2 heterocycles. The van der Waals surface area contributed by atoms with E-state index in [9.17, 15) is 18.0 Å². The Bertz CT molecular complexity index is 996. The van der Waals surface area contributed by atoms with Crippen LogP contribution in [0.4, 0.5) is 5.69 Å². The predicted molar refractivity (Wildman–Crippen MR) is 103 cm³/mol. The Balaban J connectivity index is 1.85. The van der Waals surface area contributed by atoms with E-state index in [0.717, 1.165) is 17.4 Å². The summed E-state index contributed by atoms with van der Waals surface area (Å²) in [6, 6.07) is 8.13. The number of halogens is 1. The molecule has 1 N–H and O–H groups in total. The first-order valence-corrected chi connectivity index (χ1v) is 10.4. The van der Waals surface area contributed by atoms with Crippen LogP contribution in [-0.2, 0) is 14.8 Å². The summed E-state index contributed by atoms with van der Waals surface area (Å²) in [6.07, 6.45) is 2.87. The van der Waals surface area contributed by atoms with E-state index in [1.54, 1.807) is 31.2 Å². The molecule has 3 rings (SSSR count). The molecule has 7 nitrogen and oxygen atoms in total. The van der Waals surface area contributed by atoms with Gasteiger partial charge in [-0.2, -0.15) is 4.31 Å². The number of anilines is 1. The highest BCUT2D eigenvalue weighted by Crippen LogP contribution is 2.21. The van der Waals surface area contributed by atoms with Gasteiger partial charge in [0, 0.05) is 36.1 Å². The van der Waals surface area contributed by atoms with Crippen LogP contribution in [0.3, 0.4) is 0 Å². The van der Waals surface area contributed by atoms with E-state index in [-0.39, 0.29) is 4.90 Å². The van der Waals surface area contributed by atoms with E-state index in [4.69, 9.17) is 11.6 Å². The maximum Gasteiger partial charge on any atom is 0.251 e. The zero-order valence-electron chi connectivity index (χ0n) is 14.8. The van der Waals surface area contributed by atoms with E-state index in [2.05, 4.69) is 5.32 Å². The summed E-state index contributed by atoms with van der Waals surface area (Å²) in [6.45, 7) is 2.47. The van der Waals surface area contributed by atoms with Crippen molar-refractivity contribution in [1.82, 2.24) is 8.87 Å². The Hall–Kier alpha value is -2.16. The Labute approximate surface area is 162 Å². The molecule has 144 valence electrons. The van der Waals surface area contributed by atoms with Gasteiger partial charge in [0.15, 0.2) is 0 Å². The molecule has 1 atom stereocenters. The highest BCUT2D eigenvalue weighted by molar-refractivity contribution is 7.89. The monoisotopic (exact) mass is 409 g/mol. The fourth-order valence-corrected chi connectivity index (χ4v) is 4.57. The van der Waals surface area contributed by atoms with Crippen molar-refractivity contribution in [3.63, 3.8) is 0 Å².